The minimum Gasteiger partial charge on any atom is -0.308 e. The molecule has 6 aromatic rings. The van der Waals surface area contributed by atoms with Crippen LogP contribution in [0.5, 0.6) is 0 Å². The van der Waals surface area contributed by atoms with Gasteiger partial charge in [-0.25, -0.2) is 4.90 Å². The number of carbonyl (C=O) groups excluding carboxylic acids is 2. The first-order chi connectivity index (χ1) is 19.6. The predicted molar refractivity (Wildman–Crippen MR) is 153 cm³/mol. The molecule has 40 heavy (non-hydrogen) atoms. The average molecular weight is 515 g/mol. The lowest BCUT2D eigenvalue weighted by atomic mass is 9.99. The number of nitrogens with zero attached hydrogens (tertiary/aromatic N) is 4. The molecule has 0 N–H and O–H groups in total. The number of rotatable bonds is 3. The van der Waals surface area contributed by atoms with Gasteiger partial charge in [-0.05, 0) is 65.7 Å². The fourth-order valence-corrected chi connectivity index (χ4v) is 5.60. The average Bonchev–Trinajstić information content (AvgIpc) is 3.47. The van der Waals surface area contributed by atoms with Crippen molar-refractivity contribution in [3.8, 4) is 29.0 Å². The second-order valence-corrected chi connectivity index (χ2v) is 9.59. The minimum atomic E-state index is -0.371. The number of aromatic nitrogens is 1. The van der Waals surface area contributed by atoms with Crippen LogP contribution in [0.25, 0.3) is 38.6 Å². The van der Waals surface area contributed by atoms with Crippen LogP contribution in [-0.4, -0.2) is 16.4 Å². The fraction of sp³-hybridized carbons (Fsp3) is 0. The van der Waals surface area contributed by atoms with Crippen LogP contribution in [0.1, 0.15) is 31.8 Å². The van der Waals surface area contributed by atoms with E-state index in [1.54, 1.807) is 54.6 Å². The normalized spacial score (nSPS) is 12.5. The summed E-state index contributed by atoms with van der Waals surface area (Å²) < 4.78 is 2.02. The third-order valence-corrected chi connectivity index (χ3v) is 7.35. The molecular formula is C34H18N4O2. The molecule has 7 rings (SSSR count). The number of imide groups is 1. The Hall–Kier alpha value is -5.98. The van der Waals surface area contributed by atoms with Crippen molar-refractivity contribution in [2.75, 3.05) is 4.90 Å². The molecule has 0 bridgehead atoms. The standard InChI is InChI=1S/C34H18N4O2/c35-19-21-15-22(20-36)17-24(16-21)23-13-14-27-26-9-4-5-11-29(26)38(31(27)18-23)30-12-6-10-28-32(30)34(40)37(33(28)39)25-7-2-1-3-8-25/h1-18H. The summed E-state index contributed by atoms with van der Waals surface area (Å²) in [6.07, 6.45) is 0. The lowest BCUT2D eigenvalue weighted by Gasteiger charge is -2.14. The van der Waals surface area contributed by atoms with Crippen molar-refractivity contribution in [2.24, 2.45) is 0 Å². The maximum atomic E-state index is 13.9. The van der Waals surface area contributed by atoms with Crippen molar-refractivity contribution >= 4 is 39.3 Å². The molecule has 0 saturated carbocycles. The molecule has 5 aromatic carbocycles. The van der Waals surface area contributed by atoms with E-state index < -0.39 is 0 Å². The zero-order valence-electron chi connectivity index (χ0n) is 21.0. The van der Waals surface area contributed by atoms with E-state index >= 15 is 0 Å². The number of amides is 2. The van der Waals surface area contributed by atoms with Gasteiger partial charge in [0.15, 0.2) is 0 Å². The molecule has 1 aliphatic heterocycles. The van der Waals surface area contributed by atoms with E-state index in [1.807, 2.05) is 59.2 Å². The van der Waals surface area contributed by atoms with Gasteiger partial charge in [0.2, 0.25) is 0 Å². The highest BCUT2D eigenvalue weighted by Gasteiger charge is 2.39. The third kappa shape index (κ3) is 3.34. The quantitative estimate of drug-likeness (QED) is 0.238. The van der Waals surface area contributed by atoms with Gasteiger partial charge < -0.3 is 4.57 Å². The zero-order chi connectivity index (χ0) is 27.4. The van der Waals surface area contributed by atoms with Gasteiger partial charge in [0.25, 0.3) is 11.8 Å². The number of carbonyl (C=O) groups is 2. The molecule has 0 radical (unpaired) electrons. The third-order valence-electron chi connectivity index (χ3n) is 7.35. The molecule has 186 valence electrons. The van der Waals surface area contributed by atoms with Crippen molar-refractivity contribution < 1.29 is 9.59 Å². The number of hydrogen-bond donors (Lipinski definition) is 0. The summed E-state index contributed by atoms with van der Waals surface area (Å²) in [5, 5.41) is 21.0. The molecule has 1 aromatic heterocycles. The summed E-state index contributed by atoms with van der Waals surface area (Å²) in [5.74, 6) is -0.726. The maximum Gasteiger partial charge on any atom is 0.268 e. The minimum absolute atomic E-state index is 0.350. The summed E-state index contributed by atoms with van der Waals surface area (Å²) in [4.78, 5) is 28.5. The topological polar surface area (TPSA) is 89.9 Å². The van der Waals surface area contributed by atoms with Crippen molar-refractivity contribution in [1.82, 2.24) is 4.57 Å². The number of hydrogen-bond acceptors (Lipinski definition) is 4. The Morgan fingerprint density at radius 1 is 0.575 bits per heavy atom. The van der Waals surface area contributed by atoms with E-state index in [-0.39, 0.29) is 11.8 Å². The van der Waals surface area contributed by atoms with E-state index in [9.17, 15) is 20.1 Å². The largest absolute Gasteiger partial charge is 0.308 e. The first-order valence-electron chi connectivity index (χ1n) is 12.6. The Kier molecular flexibility index (Phi) is 5.10. The Morgan fingerprint density at radius 2 is 1.27 bits per heavy atom. The van der Waals surface area contributed by atoms with Crippen LogP contribution < -0.4 is 4.90 Å². The molecular weight excluding hydrogens is 496 g/mol. The molecule has 6 nitrogen and oxygen atoms in total. The molecule has 0 fully saturated rings. The van der Waals surface area contributed by atoms with Crippen LogP contribution in [0.2, 0.25) is 0 Å². The van der Waals surface area contributed by atoms with Crippen molar-refractivity contribution in [3.05, 3.63) is 131 Å². The summed E-state index contributed by atoms with van der Waals surface area (Å²) in [5.41, 5.74) is 5.95. The highest BCUT2D eigenvalue weighted by molar-refractivity contribution is 6.35. The van der Waals surface area contributed by atoms with Crippen molar-refractivity contribution in [1.29, 1.82) is 10.5 Å². The van der Waals surface area contributed by atoms with Crippen LogP contribution in [0.3, 0.4) is 0 Å². The molecule has 2 heterocycles. The van der Waals surface area contributed by atoms with Gasteiger partial charge in [-0.15, -0.1) is 0 Å². The smallest absolute Gasteiger partial charge is 0.268 e. The Morgan fingerprint density at radius 3 is 2.02 bits per heavy atom. The zero-order valence-corrected chi connectivity index (χ0v) is 21.0. The van der Waals surface area contributed by atoms with Crippen LogP contribution in [0.4, 0.5) is 5.69 Å². The van der Waals surface area contributed by atoms with E-state index in [4.69, 9.17) is 0 Å². The van der Waals surface area contributed by atoms with Crippen LogP contribution in [-0.2, 0) is 0 Å². The highest BCUT2D eigenvalue weighted by atomic mass is 16.2. The van der Waals surface area contributed by atoms with Crippen molar-refractivity contribution in [2.45, 2.75) is 0 Å². The van der Waals surface area contributed by atoms with Gasteiger partial charge in [-0.1, -0.05) is 54.6 Å². The van der Waals surface area contributed by atoms with Crippen LogP contribution >= 0.6 is 0 Å². The Bertz CT molecular complexity index is 2100. The second-order valence-electron chi connectivity index (χ2n) is 9.59. The van der Waals surface area contributed by atoms with Gasteiger partial charge in [-0.3, -0.25) is 9.59 Å². The summed E-state index contributed by atoms with van der Waals surface area (Å²) in [6, 6.07) is 37.6. The first kappa shape index (κ1) is 23.2. The molecule has 2 amide bonds. The number of benzene rings is 5. The SMILES string of the molecule is N#Cc1cc(C#N)cc(-c2ccc3c4ccccc4n(-c4cccc5c4C(=O)N(c4ccccc4)C5=O)c3c2)c1. The monoisotopic (exact) mass is 514 g/mol. The molecule has 1 aliphatic rings. The molecule has 0 atom stereocenters. The summed E-state index contributed by atoms with van der Waals surface area (Å²) in [7, 11) is 0. The molecule has 0 saturated heterocycles. The van der Waals surface area contributed by atoms with Crippen LogP contribution in [0.15, 0.2) is 109 Å². The molecule has 0 spiro atoms. The van der Waals surface area contributed by atoms with E-state index in [2.05, 4.69) is 12.1 Å². The van der Waals surface area contributed by atoms with Gasteiger partial charge in [0, 0.05) is 10.8 Å². The number of para-hydroxylation sites is 2. The fourth-order valence-electron chi connectivity index (χ4n) is 5.60. The van der Waals surface area contributed by atoms with Gasteiger partial charge in [0.1, 0.15) is 0 Å². The molecule has 0 unspecified atom stereocenters. The van der Waals surface area contributed by atoms with Gasteiger partial charge in [0.05, 0.1) is 56.8 Å². The van der Waals surface area contributed by atoms with E-state index in [0.29, 0.717) is 33.6 Å². The maximum absolute atomic E-state index is 13.9. The van der Waals surface area contributed by atoms with Crippen molar-refractivity contribution in [3.63, 3.8) is 0 Å². The second kappa shape index (κ2) is 8.80. The molecule has 6 heteroatoms. The number of nitriles is 2. The Balaban J connectivity index is 1.50. The first-order valence-corrected chi connectivity index (χ1v) is 12.6. The highest BCUT2D eigenvalue weighted by Crippen LogP contribution is 2.39. The lowest BCUT2D eigenvalue weighted by Crippen LogP contribution is -2.29. The van der Waals surface area contributed by atoms with Gasteiger partial charge in [-0.2, -0.15) is 10.5 Å². The Labute approximate surface area is 229 Å². The van der Waals surface area contributed by atoms with E-state index in [1.165, 1.54) is 4.90 Å². The summed E-state index contributed by atoms with van der Waals surface area (Å²) >= 11 is 0. The van der Waals surface area contributed by atoms with E-state index in [0.717, 1.165) is 32.9 Å². The number of fused-ring (bicyclic) bond motifs is 4. The summed E-state index contributed by atoms with van der Waals surface area (Å²) in [6.45, 7) is 0. The predicted octanol–water partition coefficient (Wildman–Crippen LogP) is 6.99. The van der Waals surface area contributed by atoms with Crippen LogP contribution in [0, 0.1) is 22.7 Å². The molecule has 0 aliphatic carbocycles. The van der Waals surface area contributed by atoms with Gasteiger partial charge >= 0.3 is 0 Å². The number of anilines is 1. The lowest BCUT2D eigenvalue weighted by molar-refractivity contribution is 0.0926.